The van der Waals surface area contributed by atoms with E-state index < -0.39 is 0 Å². The normalized spacial score (nSPS) is 11.6. The third kappa shape index (κ3) is 5.09. The third-order valence-electron chi connectivity index (χ3n) is 2.06. The van der Waals surface area contributed by atoms with E-state index in [-0.39, 0.29) is 18.0 Å². The maximum absolute atomic E-state index is 12.0. The summed E-state index contributed by atoms with van der Waals surface area (Å²) in [5.74, 6) is -0.341. The molecule has 1 rings (SSSR count). The Balaban J connectivity index is 2.84. The first kappa shape index (κ1) is 15.8. The Kier molecular flexibility index (Phi) is 6.12. The van der Waals surface area contributed by atoms with Crippen LogP contribution >= 0.6 is 23.2 Å². The van der Waals surface area contributed by atoms with E-state index in [4.69, 9.17) is 27.9 Å². The number of carbonyl (C=O) groups excluding carboxylic acids is 1. The van der Waals surface area contributed by atoms with E-state index in [9.17, 15) is 4.79 Å². The highest BCUT2D eigenvalue weighted by Crippen LogP contribution is 2.22. The summed E-state index contributed by atoms with van der Waals surface area (Å²) in [5, 5.41) is 3.33. The van der Waals surface area contributed by atoms with Crippen LogP contribution in [-0.2, 0) is 4.74 Å². The maximum Gasteiger partial charge on any atom is 0.291 e. The molecule has 0 aromatic heterocycles. The minimum Gasteiger partial charge on any atom is -0.465 e. The second-order valence-electron chi connectivity index (χ2n) is 4.04. The van der Waals surface area contributed by atoms with E-state index in [0.29, 0.717) is 22.2 Å². The molecule has 0 saturated carbocycles. The summed E-state index contributed by atoms with van der Waals surface area (Å²) in [6, 6.07) is 4.88. The quantitative estimate of drug-likeness (QED) is 0.686. The van der Waals surface area contributed by atoms with Crippen molar-refractivity contribution in [3.05, 3.63) is 33.8 Å². The van der Waals surface area contributed by atoms with Crippen LogP contribution in [0.25, 0.3) is 0 Å². The summed E-state index contributed by atoms with van der Waals surface area (Å²) in [7, 11) is 0. The molecule has 4 nitrogen and oxygen atoms in total. The van der Waals surface area contributed by atoms with Crippen molar-refractivity contribution in [1.29, 1.82) is 0 Å². The second kappa shape index (κ2) is 7.36. The molecule has 104 valence electrons. The fraction of sp³-hybridized carbons (Fsp3) is 0.385. The van der Waals surface area contributed by atoms with Gasteiger partial charge in [-0.3, -0.25) is 10.1 Å². The smallest absolute Gasteiger partial charge is 0.291 e. The van der Waals surface area contributed by atoms with Gasteiger partial charge in [0.05, 0.1) is 16.7 Å². The van der Waals surface area contributed by atoms with Crippen LogP contribution in [0.4, 0.5) is 0 Å². The summed E-state index contributed by atoms with van der Waals surface area (Å²) in [6.45, 7) is 6.03. The average Bonchev–Trinajstić information content (AvgIpc) is 2.32. The van der Waals surface area contributed by atoms with E-state index in [1.807, 2.05) is 20.8 Å². The lowest BCUT2D eigenvalue weighted by molar-refractivity contribution is 0.0966. The molecule has 0 aliphatic heterocycles. The number of nitrogens with zero attached hydrogens (tertiary/aromatic N) is 1. The number of aliphatic imine (C=N–C) groups is 1. The molecular weight excluding hydrogens is 287 g/mol. The number of halogens is 2. The molecule has 0 aliphatic carbocycles. The van der Waals surface area contributed by atoms with Crippen LogP contribution in [-0.4, -0.2) is 24.6 Å². The number of hydrogen-bond donors (Lipinski definition) is 1. The van der Waals surface area contributed by atoms with Gasteiger partial charge in [0.1, 0.15) is 0 Å². The summed E-state index contributed by atoms with van der Waals surface area (Å²) in [6.07, 6.45) is 0. The van der Waals surface area contributed by atoms with Crippen molar-refractivity contribution in [2.24, 2.45) is 4.99 Å². The molecule has 0 heterocycles. The Labute approximate surface area is 122 Å². The monoisotopic (exact) mass is 302 g/mol. The van der Waals surface area contributed by atoms with Gasteiger partial charge >= 0.3 is 0 Å². The lowest BCUT2D eigenvalue weighted by Gasteiger charge is -2.10. The van der Waals surface area contributed by atoms with Crippen molar-refractivity contribution in [2.75, 3.05) is 6.61 Å². The van der Waals surface area contributed by atoms with Crippen molar-refractivity contribution in [2.45, 2.75) is 26.8 Å². The van der Waals surface area contributed by atoms with Crippen LogP contribution in [0.1, 0.15) is 31.1 Å². The molecule has 0 spiro atoms. The molecule has 0 unspecified atom stereocenters. The molecule has 0 saturated heterocycles. The number of amides is 1. The Hall–Kier alpha value is -1.26. The molecule has 0 atom stereocenters. The molecule has 1 aromatic carbocycles. The topological polar surface area (TPSA) is 50.7 Å². The first-order chi connectivity index (χ1) is 8.93. The van der Waals surface area contributed by atoms with Gasteiger partial charge in [0.15, 0.2) is 0 Å². The van der Waals surface area contributed by atoms with Gasteiger partial charge < -0.3 is 4.74 Å². The highest BCUT2D eigenvalue weighted by atomic mass is 35.5. The number of amidine groups is 1. The molecule has 0 fully saturated rings. The number of ether oxygens (including phenoxy) is 1. The fourth-order valence-electron chi connectivity index (χ4n) is 1.28. The summed E-state index contributed by atoms with van der Waals surface area (Å²) >= 11 is 11.7. The first-order valence-corrected chi connectivity index (χ1v) is 6.66. The zero-order chi connectivity index (χ0) is 14.4. The summed E-state index contributed by atoms with van der Waals surface area (Å²) in [5.41, 5.74) is 0.394. The van der Waals surface area contributed by atoms with E-state index in [2.05, 4.69) is 10.3 Å². The van der Waals surface area contributed by atoms with Gasteiger partial charge in [-0.1, -0.05) is 23.2 Å². The predicted octanol–water partition coefficient (Wildman–Crippen LogP) is 3.52. The molecule has 0 radical (unpaired) electrons. The van der Waals surface area contributed by atoms with Gasteiger partial charge in [0.25, 0.3) is 11.9 Å². The van der Waals surface area contributed by atoms with Crippen molar-refractivity contribution >= 4 is 35.1 Å². The van der Waals surface area contributed by atoms with Crippen LogP contribution in [0.3, 0.4) is 0 Å². The minimum absolute atomic E-state index is 0.0238. The molecule has 1 aromatic rings. The Bertz CT molecular complexity index is 488. The number of benzene rings is 1. The van der Waals surface area contributed by atoms with E-state index in [1.165, 1.54) is 6.07 Å². The second-order valence-corrected chi connectivity index (χ2v) is 4.86. The molecular formula is C13H16Cl2N2O2. The molecule has 1 N–H and O–H groups in total. The van der Waals surface area contributed by atoms with Gasteiger partial charge in [-0.15, -0.1) is 0 Å². The Morgan fingerprint density at radius 3 is 2.58 bits per heavy atom. The number of carbonyl (C=O) groups is 1. The lowest BCUT2D eigenvalue weighted by Crippen LogP contribution is -2.33. The molecule has 0 aliphatic rings. The van der Waals surface area contributed by atoms with Crippen LogP contribution in [0.2, 0.25) is 10.0 Å². The van der Waals surface area contributed by atoms with Crippen molar-refractivity contribution in [1.82, 2.24) is 5.32 Å². The highest BCUT2D eigenvalue weighted by molar-refractivity contribution is 6.42. The van der Waals surface area contributed by atoms with Crippen molar-refractivity contribution < 1.29 is 9.53 Å². The number of rotatable bonds is 3. The summed E-state index contributed by atoms with van der Waals surface area (Å²) < 4.78 is 5.26. The maximum atomic E-state index is 12.0. The van der Waals surface area contributed by atoms with Gasteiger partial charge in [-0.05, 0) is 39.0 Å². The van der Waals surface area contributed by atoms with Crippen molar-refractivity contribution in [3.63, 3.8) is 0 Å². The zero-order valence-corrected chi connectivity index (χ0v) is 12.5. The SMILES string of the molecule is CCOC(=NC(C)C)NC(=O)c1ccc(Cl)c(Cl)c1. The van der Waals surface area contributed by atoms with Crippen LogP contribution < -0.4 is 5.32 Å². The average molecular weight is 303 g/mol. The van der Waals surface area contributed by atoms with E-state index in [0.717, 1.165) is 0 Å². The van der Waals surface area contributed by atoms with Gasteiger partial charge in [-0.25, -0.2) is 4.99 Å². The highest BCUT2D eigenvalue weighted by Gasteiger charge is 2.11. The number of nitrogens with one attached hydrogen (secondary N) is 1. The van der Waals surface area contributed by atoms with Gasteiger partial charge in [0, 0.05) is 11.6 Å². The third-order valence-corrected chi connectivity index (χ3v) is 2.80. The molecule has 0 bridgehead atoms. The first-order valence-electron chi connectivity index (χ1n) is 5.91. The van der Waals surface area contributed by atoms with Gasteiger partial charge in [0.2, 0.25) is 0 Å². The Morgan fingerprint density at radius 2 is 2.05 bits per heavy atom. The fourth-order valence-corrected chi connectivity index (χ4v) is 1.58. The lowest BCUT2D eigenvalue weighted by atomic mass is 10.2. The van der Waals surface area contributed by atoms with E-state index >= 15 is 0 Å². The zero-order valence-electron chi connectivity index (χ0n) is 11.0. The largest absolute Gasteiger partial charge is 0.465 e. The van der Waals surface area contributed by atoms with E-state index in [1.54, 1.807) is 12.1 Å². The molecule has 1 amide bonds. The minimum atomic E-state index is -0.341. The number of hydrogen-bond acceptors (Lipinski definition) is 3. The molecule has 6 heteroatoms. The Morgan fingerprint density at radius 1 is 1.37 bits per heavy atom. The van der Waals surface area contributed by atoms with Crippen LogP contribution in [0.15, 0.2) is 23.2 Å². The van der Waals surface area contributed by atoms with Gasteiger partial charge in [-0.2, -0.15) is 0 Å². The summed E-state index contributed by atoms with van der Waals surface area (Å²) in [4.78, 5) is 16.2. The molecule has 19 heavy (non-hydrogen) atoms. The van der Waals surface area contributed by atoms with Crippen molar-refractivity contribution in [3.8, 4) is 0 Å². The van der Waals surface area contributed by atoms with Crippen LogP contribution in [0.5, 0.6) is 0 Å². The standard InChI is InChI=1S/C13H16Cl2N2O2/c1-4-19-13(16-8(2)3)17-12(18)9-5-6-10(14)11(15)7-9/h5-8H,4H2,1-3H3,(H,16,17,18). The predicted molar refractivity (Wildman–Crippen MR) is 78.1 cm³/mol. The van der Waals surface area contributed by atoms with Crippen LogP contribution in [0, 0.1) is 0 Å².